The summed E-state index contributed by atoms with van der Waals surface area (Å²) in [5, 5.41) is 8.97. The fourth-order valence-corrected chi connectivity index (χ4v) is 2.02. The third kappa shape index (κ3) is 3.72. The Morgan fingerprint density at radius 1 is 1.14 bits per heavy atom. The first-order valence-electron chi connectivity index (χ1n) is 5.82. The van der Waals surface area contributed by atoms with Gasteiger partial charge in [-0.05, 0) is 29.8 Å². The smallest absolute Gasteiger partial charge is 0.416 e. The molecule has 1 aromatic heterocycles. The second-order valence-electron chi connectivity index (χ2n) is 4.27. The Labute approximate surface area is 123 Å². The first kappa shape index (κ1) is 15.3. The van der Waals surface area contributed by atoms with Crippen molar-refractivity contribution in [3.8, 4) is 11.1 Å². The van der Waals surface area contributed by atoms with Gasteiger partial charge in [0, 0.05) is 5.56 Å². The summed E-state index contributed by atoms with van der Waals surface area (Å²) in [5.41, 5.74) is 0.321. The van der Waals surface area contributed by atoms with Gasteiger partial charge in [-0.3, -0.25) is 4.79 Å². The molecule has 0 radical (unpaired) electrons. The van der Waals surface area contributed by atoms with Crippen LogP contribution in [0, 0.1) is 0 Å². The van der Waals surface area contributed by atoms with Gasteiger partial charge in [-0.25, -0.2) is 4.98 Å². The van der Waals surface area contributed by atoms with Crippen LogP contribution in [0.1, 0.15) is 11.3 Å². The quantitative estimate of drug-likeness (QED) is 0.869. The Hall–Kier alpha value is -2.08. The van der Waals surface area contributed by atoms with Gasteiger partial charge in [0.05, 0.1) is 17.7 Å². The van der Waals surface area contributed by atoms with E-state index in [-0.39, 0.29) is 17.3 Å². The highest BCUT2D eigenvalue weighted by Crippen LogP contribution is 2.32. The number of aromatic nitrogens is 1. The lowest BCUT2D eigenvalue weighted by Gasteiger charge is -2.10. The lowest BCUT2D eigenvalue weighted by Crippen LogP contribution is -2.06. The summed E-state index contributed by atoms with van der Waals surface area (Å²) in [5.74, 6) is -1.10. The molecule has 0 aliphatic heterocycles. The summed E-state index contributed by atoms with van der Waals surface area (Å²) in [7, 11) is 0. The molecular formula is C14H9ClF3NO2. The molecule has 0 fully saturated rings. The van der Waals surface area contributed by atoms with Gasteiger partial charge in [-0.1, -0.05) is 23.7 Å². The molecule has 21 heavy (non-hydrogen) atoms. The molecule has 0 saturated heterocycles. The van der Waals surface area contributed by atoms with Gasteiger partial charge in [0.25, 0.3) is 0 Å². The van der Waals surface area contributed by atoms with Crippen LogP contribution in [0.2, 0.25) is 5.15 Å². The van der Waals surface area contributed by atoms with Crippen molar-refractivity contribution >= 4 is 17.6 Å². The van der Waals surface area contributed by atoms with Crippen LogP contribution in [0.3, 0.4) is 0 Å². The molecule has 1 N–H and O–H groups in total. The van der Waals surface area contributed by atoms with Crippen LogP contribution in [-0.4, -0.2) is 16.1 Å². The standard InChI is InChI=1S/C14H9ClF3NO2/c15-12-6-5-10(11(19-12)7-13(20)21)8-1-3-9(4-2-8)14(16,17)18/h1-6H,7H2,(H,20,21). The molecule has 0 aliphatic carbocycles. The Morgan fingerprint density at radius 2 is 1.76 bits per heavy atom. The minimum absolute atomic E-state index is 0.127. The number of benzene rings is 1. The van der Waals surface area contributed by atoms with Crippen molar-refractivity contribution in [2.45, 2.75) is 12.6 Å². The molecule has 2 rings (SSSR count). The van der Waals surface area contributed by atoms with Crippen LogP contribution in [-0.2, 0) is 17.4 Å². The van der Waals surface area contributed by atoms with Crippen LogP contribution < -0.4 is 0 Å². The van der Waals surface area contributed by atoms with E-state index in [1.807, 2.05) is 0 Å². The highest BCUT2D eigenvalue weighted by Gasteiger charge is 2.30. The van der Waals surface area contributed by atoms with Gasteiger partial charge in [0.15, 0.2) is 0 Å². The number of rotatable bonds is 3. The van der Waals surface area contributed by atoms with Crippen molar-refractivity contribution in [1.29, 1.82) is 0 Å². The molecule has 7 heteroatoms. The van der Waals surface area contributed by atoms with E-state index in [2.05, 4.69) is 4.98 Å². The predicted octanol–water partition coefficient (Wildman–Crippen LogP) is 4.05. The second-order valence-corrected chi connectivity index (χ2v) is 4.66. The summed E-state index contributed by atoms with van der Waals surface area (Å²) < 4.78 is 37.6. The van der Waals surface area contributed by atoms with Gasteiger partial charge in [-0.15, -0.1) is 0 Å². The molecule has 110 valence electrons. The number of hydrogen-bond donors (Lipinski definition) is 1. The zero-order valence-electron chi connectivity index (χ0n) is 10.5. The van der Waals surface area contributed by atoms with Gasteiger partial charge in [-0.2, -0.15) is 13.2 Å². The largest absolute Gasteiger partial charge is 0.481 e. The Balaban J connectivity index is 2.44. The fourth-order valence-electron chi connectivity index (χ4n) is 1.85. The van der Waals surface area contributed by atoms with E-state index in [0.29, 0.717) is 11.1 Å². The van der Waals surface area contributed by atoms with E-state index in [0.717, 1.165) is 12.1 Å². The van der Waals surface area contributed by atoms with Crippen LogP contribution in [0.5, 0.6) is 0 Å². The zero-order chi connectivity index (χ0) is 15.6. The number of pyridine rings is 1. The fraction of sp³-hybridized carbons (Fsp3) is 0.143. The SMILES string of the molecule is O=C(O)Cc1nc(Cl)ccc1-c1ccc(C(F)(F)F)cc1. The molecule has 0 unspecified atom stereocenters. The lowest BCUT2D eigenvalue weighted by atomic mass is 10.0. The van der Waals surface area contributed by atoms with Crippen LogP contribution in [0.4, 0.5) is 13.2 Å². The molecule has 0 aliphatic rings. The first-order chi connectivity index (χ1) is 9.77. The Bertz CT molecular complexity index is 669. The predicted molar refractivity (Wildman–Crippen MR) is 71.0 cm³/mol. The van der Waals surface area contributed by atoms with Crippen molar-refractivity contribution in [2.75, 3.05) is 0 Å². The first-order valence-corrected chi connectivity index (χ1v) is 6.20. The van der Waals surface area contributed by atoms with Crippen molar-refractivity contribution in [1.82, 2.24) is 4.98 Å². The average Bonchev–Trinajstić information content (AvgIpc) is 2.37. The maximum absolute atomic E-state index is 12.5. The van der Waals surface area contributed by atoms with E-state index in [9.17, 15) is 18.0 Å². The van der Waals surface area contributed by atoms with Crippen molar-refractivity contribution in [3.05, 3.63) is 52.8 Å². The monoisotopic (exact) mass is 315 g/mol. The molecule has 1 aromatic carbocycles. The summed E-state index contributed by atoms with van der Waals surface area (Å²) >= 11 is 5.72. The van der Waals surface area contributed by atoms with Gasteiger partial charge in [0.2, 0.25) is 0 Å². The average molecular weight is 316 g/mol. The minimum atomic E-state index is -4.42. The summed E-state index contributed by atoms with van der Waals surface area (Å²) in [4.78, 5) is 14.7. The van der Waals surface area contributed by atoms with E-state index in [1.165, 1.54) is 24.3 Å². The highest BCUT2D eigenvalue weighted by molar-refractivity contribution is 6.29. The number of carboxylic acid groups (broad SMARTS) is 1. The Morgan fingerprint density at radius 3 is 2.29 bits per heavy atom. The summed E-state index contributed by atoms with van der Waals surface area (Å²) in [6.45, 7) is 0. The molecule has 2 aromatic rings. The maximum Gasteiger partial charge on any atom is 0.416 e. The molecule has 0 spiro atoms. The number of carboxylic acids is 1. The molecule has 1 heterocycles. The van der Waals surface area contributed by atoms with Crippen molar-refractivity contribution in [3.63, 3.8) is 0 Å². The molecule has 0 atom stereocenters. The summed E-state index contributed by atoms with van der Waals surface area (Å²) in [6, 6.07) is 7.43. The number of carbonyl (C=O) groups is 1. The van der Waals surface area contributed by atoms with E-state index in [1.54, 1.807) is 0 Å². The third-order valence-corrected chi connectivity index (χ3v) is 2.99. The number of nitrogens with zero attached hydrogens (tertiary/aromatic N) is 1. The normalized spacial score (nSPS) is 11.4. The van der Waals surface area contributed by atoms with Gasteiger partial charge in [0.1, 0.15) is 5.15 Å². The number of halogens is 4. The minimum Gasteiger partial charge on any atom is -0.481 e. The van der Waals surface area contributed by atoms with E-state index in [4.69, 9.17) is 16.7 Å². The highest BCUT2D eigenvalue weighted by atomic mass is 35.5. The molecule has 0 amide bonds. The van der Waals surface area contributed by atoms with Crippen LogP contribution in [0.15, 0.2) is 36.4 Å². The van der Waals surface area contributed by atoms with Crippen LogP contribution >= 0.6 is 11.6 Å². The topological polar surface area (TPSA) is 50.2 Å². The van der Waals surface area contributed by atoms with E-state index >= 15 is 0 Å². The van der Waals surface area contributed by atoms with Gasteiger partial charge >= 0.3 is 12.1 Å². The maximum atomic E-state index is 12.5. The second kappa shape index (κ2) is 5.73. The molecule has 0 bridgehead atoms. The van der Waals surface area contributed by atoms with E-state index < -0.39 is 17.7 Å². The van der Waals surface area contributed by atoms with Crippen molar-refractivity contribution < 1.29 is 23.1 Å². The summed E-state index contributed by atoms with van der Waals surface area (Å²) in [6.07, 6.45) is -4.78. The van der Waals surface area contributed by atoms with Crippen LogP contribution in [0.25, 0.3) is 11.1 Å². The molecular weight excluding hydrogens is 307 g/mol. The Kier molecular flexibility index (Phi) is 4.18. The number of aliphatic carboxylic acids is 1. The number of hydrogen-bond acceptors (Lipinski definition) is 2. The third-order valence-electron chi connectivity index (χ3n) is 2.78. The molecule has 0 saturated carbocycles. The zero-order valence-corrected chi connectivity index (χ0v) is 11.2. The van der Waals surface area contributed by atoms with Gasteiger partial charge < -0.3 is 5.11 Å². The lowest BCUT2D eigenvalue weighted by molar-refractivity contribution is -0.138. The van der Waals surface area contributed by atoms with Crippen molar-refractivity contribution in [2.24, 2.45) is 0 Å². The molecule has 3 nitrogen and oxygen atoms in total. The number of alkyl halides is 3.